The van der Waals surface area contributed by atoms with Gasteiger partial charge in [0.15, 0.2) is 11.0 Å². The van der Waals surface area contributed by atoms with Crippen molar-refractivity contribution in [3.05, 3.63) is 48.8 Å². The largest absolute Gasteiger partial charge is 0.486 e. The number of para-hydroxylation sites is 1. The van der Waals surface area contributed by atoms with Crippen molar-refractivity contribution in [2.24, 2.45) is 5.84 Å². The molecule has 0 aliphatic rings. The minimum absolute atomic E-state index is 0.273. The molecule has 0 bridgehead atoms. The fourth-order valence-corrected chi connectivity index (χ4v) is 2.71. The van der Waals surface area contributed by atoms with Gasteiger partial charge in [0.2, 0.25) is 5.91 Å². The molecule has 1 aromatic carbocycles. The predicted molar refractivity (Wildman–Crippen MR) is 88.6 cm³/mol. The Balaban J connectivity index is 2.10. The van der Waals surface area contributed by atoms with E-state index < -0.39 is 0 Å². The van der Waals surface area contributed by atoms with Gasteiger partial charge in [-0.15, -0.1) is 16.8 Å². The number of ether oxygens (including phenoxy) is 1. The standard InChI is InChI=1S/C15H19N5O2S/c1-3-9-20-13(10-22-12-7-5-4-6-8-12)18-19-15(20)23-11(2)14(21)17-16/h3-8,11H,1,9-10,16H2,2H3,(H,17,21)/t11-/m0/s1. The number of hydrogen-bond donors (Lipinski definition) is 2. The first-order chi connectivity index (χ1) is 11.2. The van der Waals surface area contributed by atoms with E-state index in [2.05, 4.69) is 22.2 Å². The summed E-state index contributed by atoms with van der Waals surface area (Å²) in [7, 11) is 0. The molecule has 3 N–H and O–H groups in total. The summed E-state index contributed by atoms with van der Waals surface area (Å²) in [6.07, 6.45) is 1.74. The molecule has 0 spiro atoms. The molecule has 0 saturated carbocycles. The van der Waals surface area contributed by atoms with Gasteiger partial charge in [-0.25, -0.2) is 5.84 Å². The number of aromatic nitrogens is 3. The molecular formula is C15H19N5O2S. The molecule has 7 nitrogen and oxygen atoms in total. The van der Waals surface area contributed by atoms with Gasteiger partial charge in [0.1, 0.15) is 12.4 Å². The summed E-state index contributed by atoms with van der Waals surface area (Å²) in [4.78, 5) is 11.5. The zero-order valence-corrected chi connectivity index (χ0v) is 13.6. The highest BCUT2D eigenvalue weighted by Gasteiger charge is 2.19. The average molecular weight is 333 g/mol. The number of allylic oxidation sites excluding steroid dienone is 1. The molecule has 1 amide bonds. The SMILES string of the molecule is C=CCn1c(COc2ccccc2)nnc1S[C@@H](C)C(=O)NN. The molecule has 1 heterocycles. The number of nitrogens with two attached hydrogens (primary N) is 1. The Labute approximate surface area is 138 Å². The van der Waals surface area contributed by atoms with Gasteiger partial charge >= 0.3 is 0 Å². The summed E-state index contributed by atoms with van der Waals surface area (Å²) in [5.74, 6) is 6.29. The lowest BCUT2D eigenvalue weighted by atomic mass is 10.3. The summed E-state index contributed by atoms with van der Waals surface area (Å²) >= 11 is 1.28. The monoisotopic (exact) mass is 333 g/mol. The lowest BCUT2D eigenvalue weighted by molar-refractivity contribution is -0.120. The highest BCUT2D eigenvalue weighted by atomic mass is 32.2. The Morgan fingerprint density at radius 2 is 2.22 bits per heavy atom. The Morgan fingerprint density at radius 3 is 2.87 bits per heavy atom. The Hall–Kier alpha value is -2.32. The molecule has 2 rings (SSSR count). The van der Waals surface area contributed by atoms with Gasteiger partial charge in [-0.05, 0) is 19.1 Å². The van der Waals surface area contributed by atoms with E-state index in [-0.39, 0.29) is 17.8 Å². The maximum Gasteiger partial charge on any atom is 0.247 e. The first-order valence-corrected chi connectivity index (χ1v) is 7.91. The highest BCUT2D eigenvalue weighted by molar-refractivity contribution is 8.00. The van der Waals surface area contributed by atoms with Crippen molar-refractivity contribution in [2.75, 3.05) is 0 Å². The minimum atomic E-state index is -0.379. The van der Waals surface area contributed by atoms with E-state index in [9.17, 15) is 4.79 Å². The number of amides is 1. The number of thioether (sulfide) groups is 1. The predicted octanol–water partition coefficient (Wildman–Crippen LogP) is 1.51. The molecule has 23 heavy (non-hydrogen) atoms. The third-order valence-electron chi connectivity index (χ3n) is 3.01. The maximum absolute atomic E-state index is 11.5. The van der Waals surface area contributed by atoms with Crippen molar-refractivity contribution < 1.29 is 9.53 Å². The number of carbonyl (C=O) groups excluding carboxylic acids is 1. The van der Waals surface area contributed by atoms with Crippen LogP contribution in [0.2, 0.25) is 0 Å². The van der Waals surface area contributed by atoms with E-state index in [4.69, 9.17) is 10.6 Å². The van der Waals surface area contributed by atoms with Crippen LogP contribution in [-0.4, -0.2) is 25.9 Å². The van der Waals surface area contributed by atoms with Crippen molar-refractivity contribution in [2.45, 2.75) is 30.5 Å². The third-order valence-corrected chi connectivity index (χ3v) is 4.09. The first-order valence-electron chi connectivity index (χ1n) is 7.03. The van der Waals surface area contributed by atoms with Crippen LogP contribution in [0.15, 0.2) is 48.1 Å². The number of hydrazine groups is 1. The van der Waals surface area contributed by atoms with Gasteiger partial charge in [0.05, 0.1) is 5.25 Å². The van der Waals surface area contributed by atoms with E-state index in [1.165, 1.54) is 11.8 Å². The molecule has 0 aliphatic carbocycles. The Morgan fingerprint density at radius 1 is 1.48 bits per heavy atom. The van der Waals surface area contributed by atoms with E-state index in [1.807, 2.05) is 34.9 Å². The summed E-state index contributed by atoms with van der Waals surface area (Å²) in [5, 5.41) is 8.51. The number of rotatable bonds is 8. The lowest BCUT2D eigenvalue weighted by Gasteiger charge is -2.11. The number of nitrogens with zero attached hydrogens (tertiary/aromatic N) is 3. The first kappa shape index (κ1) is 17.0. The number of hydrogen-bond acceptors (Lipinski definition) is 6. The summed E-state index contributed by atoms with van der Waals surface area (Å²) in [5.41, 5.74) is 2.13. The summed E-state index contributed by atoms with van der Waals surface area (Å²) < 4.78 is 7.56. The molecule has 0 aliphatic heterocycles. The second kappa shape index (κ2) is 8.35. The second-order valence-corrected chi connectivity index (χ2v) is 5.98. The van der Waals surface area contributed by atoms with Crippen LogP contribution in [0.5, 0.6) is 5.75 Å². The van der Waals surface area contributed by atoms with Gasteiger partial charge in [-0.1, -0.05) is 36.0 Å². The van der Waals surface area contributed by atoms with Crippen molar-refractivity contribution in [1.82, 2.24) is 20.2 Å². The molecule has 2 aromatic rings. The molecule has 0 fully saturated rings. The number of benzene rings is 1. The third kappa shape index (κ3) is 4.57. The van der Waals surface area contributed by atoms with Crippen molar-refractivity contribution >= 4 is 17.7 Å². The number of carbonyl (C=O) groups is 1. The normalized spacial score (nSPS) is 11.7. The fourth-order valence-electron chi connectivity index (χ4n) is 1.82. The Kier molecular flexibility index (Phi) is 6.19. The molecule has 122 valence electrons. The number of nitrogens with one attached hydrogen (secondary N) is 1. The smallest absolute Gasteiger partial charge is 0.247 e. The van der Waals surface area contributed by atoms with Crippen molar-refractivity contribution in [3.63, 3.8) is 0 Å². The summed E-state index contributed by atoms with van der Waals surface area (Å²) in [6, 6.07) is 9.47. The summed E-state index contributed by atoms with van der Waals surface area (Å²) in [6.45, 7) is 6.30. The van der Waals surface area contributed by atoms with E-state index in [0.29, 0.717) is 17.5 Å². The van der Waals surface area contributed by atoms with E-state index in [0.717, 1.165) is 5.75 Å². The van der Waals surface area contributed by atoms with Crippen LogP contribution in [0.3, 0.4) is 0 Å². The van der Waals surface area contributed by atoms with Crippen molar-refractivity contribution in [1.29, 1.82) is 0 Å². The van der Waals surface area contributed by atoms with Gasteiger partial charge in [0, 0.05) is 6.54 Å². The van der Waals surface area contributed by atoms with Crippen LogP contribution < -0.4 is 16.0 Å². The quantitative estimate of drug-likeness (QED) is 0.250. The molecule has 0 saturated heterocycles. The van der Waals surface area contributed by atoms with Crippen LogP contribution >= 0.6 is 11.8 Å². The molecular weight excluding hydrogens is 314 g/mol. The highest BCUT2D eigenvalue weighted by Crippen LogP contribution is 2.23. The van der Waals surface area contributed by atoms with E-state index in [1.54, 1.807) is 13.0 Å². The van der Waals surface area contributed by atoms with E-state index >= 15 is 0 Å². The van der Waals surface area contributed by atoms with Crippen LogP contribution in [0, 0.1) is 0 Å². The average Bonchev–Trinajstić information content (AvgIpc) is 2.95. The van der Waals surface area contributed by atoms with Crippen LogP contribution in [-0.2, 0) is 17.9 Å². The fraction of sp³-hybridized carbons (Fsp3) is 0.267. The van der Waals surface area contributed by atoms with Gasteiger partial charge in [0.25, 0.3) is 0 Å². The van der Waals surface area contributed by atoms with Crippen molar-refractivity contribution in [3.8, 4) is 5.75 Å². The second-order valence-electron chi connectivity index (χ2n) is 4.67. The van der Waals surface area contributed by atoms with Crippen LogP contribution in [0.4, 0.5) is 0 Å². The maximum atomic E-state index is 11.5. The zero-order chi connectivity index (χ0) is 16.7. The molecule has 1 atom stereocenters. The lowest BCUT2D eigenvalue weighted by Crippen LogP contribution is -2.36. The minimum Gasteiger partial charge on any atom is -0.486 e. The molecule has 8 heteroatoms. The van der Waals surface area contributed by atoms with Gasteiger partial charge in [-0.3, -0.25) is 14.8 Å². The van der Waals surface area contributed by atoms with Crippen LogP contribution in [0.1, 0.15) is 12.7 Å². The zero-order valence-electron chi connectivity index (χ0n) is 12.8. The molecule has 1 aromatic heterocycles. The molecule has 0 unspecified atom stereocenters. The van der Waals surface area contributed by atoms with Gasteiger partial charge in [-0.2, -0.15) is 0 Å². The van der Waals surface area contributed by atoms with Crippen LogP contribution in [0.25, 0.3) is 0 Å². The van der Waals surface area contributed by atoms with Gasteiger partial charge < -0.3 is 4.74 Å². The topological polar surface area (TPSA) is 95.1 Å². The Bertz CT molecular complexity index is 659. The molecule has 0 radical (unpaired) electrons.